The Morgan fingerprint density at radius 3 is 1.12 bits per heavy atom. The molecule has 0 aliphatic heterocycles. The van der Waals surface area contributed by atoms with Crippen molar-refractivity contribution in [1.82, 2.24) is 0 Å². The summed E-state index contributed by atoms with van der Waals surface area (Å²) in [6.07, 6.45) is 14.5. The highest BCUT2D eigenvalue weighted by atomic mass is 16.3. The average Bonchev–Trinajstić information content (AvgIpc) is 2.56. The second-order valence-electron chi connectivity index (χ2n) is 6.74. The normalized spacial score (nSPS) is 13.2. The van der Waals surface area contributed by atoms with Crippen LogP contribution in [0.25, 0.3) is 0 Å². The summed E-state index contributed by atoms with van der Waals surface area (Å²) in [5.41, 5.74) is 0. The van der Waals surface area contributed by atoms with Gasteiger partial charge in [-0.05, 0) is 25.7 Å². The van der Waals surface area contributed by atoms with E-state index in [1.54, 1.807) is 0 Å². The Labute approximate surface area is 150 Å². The Hall–Kier alpha value is -0.160. The molecule has 0 aromatic rings. The summed E-state index contributed by atoms with van der Waals surface area (Å²) in [6.45, 7) is 4.60. The fourth-order valence-corrected chi connectivity index (χ4v) is 2.55. The minimum absolute atomic E-state index is 0.107. The predicted molar refractivity (Wildman–Crippen MR) is 102 cm³/mol. The van der Waals surface area contributed by atoms with Gasteiger partial charge in [-0.3, -0.25) is 0 Å². The van der Waals surface area contributed by atoms with Gasteiger partial charge in [-0.2, -0.15) is 0 Å². The molecule has 148 valence electrons. The monoisotopic (exact) mass is 348 g/mol. The van der Waals surface area contributed by atoms with Gasteiger partial charge in [0.15, 0.2) is 0 Å². The summed E-state index contributed by atoms with van der Waals surface area (Å²) in [5, 5.41) is 35.5. The van der Waals surface area contributed by atoms with Crippen molar-refractivity contribution in [3.63, 3.8) is 0 Å². The van der Waals surface area contributed by atoms with Crippen LogP contribution in [0.2, 0.25) is 0 Å². The van der Waals surface area contributed by atoms with Crippen molar-refractivity contribution < 1.29 is 20.4 Å². The van der Waals surface area contributed by atoms with E-state index in [-0.39, 0.29) is 25.4 Å². The zero-order chi connectivity index (χ0) is 18.5. The highest BCUT2D eigenvalue weighted by Crippen LogP contribution is 2.09. The second-order valence-corrected chi connectivity index (χ2v) is 6.74. The van der Waals surface area contributed by atoms with Gasteiger partial charge >= 0.3 is 0 Å². The highest BCUT2D eigenvalue weighted by Gasteiger charge is 2.02. The Bertz CT molecular complexity index is 190. The molecule has 2 unspecified atom stereocenters. The van der Waals surface area contributed by atoms with Gasteiger partial charge < -0.3 is 20.4 Å². The molecule has 0 rings (SSSR count). The van der Waals surface area contributed by atoms with Crippen molar-refractivity contribution in [2.45, 2.75) is 116 Å². The molecule has 4 N–H and O–H groups in total. The van der Waals surface area contributed by atoms with Gasteiger partial charge in [-0.15, -0.1) is 0 Å². The number of rotatable bonds is 16. The second kappa shape index (κ2) is 22.8. The number of aliphatic hydroxyl groups excluding tert-OH is 4. The standard InChI is InChI=1S/2C10H22O2/c2*1-2-3-4-5-6-7-10(12)8-9-11/h2*10-12H,2-9H2,1H3. The molecule has 0 saturated carbocycles. The van der Waals surface area contributed by atoms with Crippen LogP contribution in [-0.2, 0) is 0 Å². The van der Waals surface area contributed by atoms with E-state index in [4.69, 9.17) is 10.2 Å². The van der Waals surface area contributed by atoms with Crippen LogP contribution in [0.5, 0.6) is 0 Å². The fraction of sp³-hybridized carbons (Fsp3) is 1.00. The van der Waals surface area contributed by atoms with E-state index in [1.165, 1.54) is 51.4 Å². The molecular formula is C20H44O4. The Kier molecular flexibility index (Phi) is 24.8. The van der Waals surface area contributed by atoms with Crippen LogP contribution in [0.15, 0.2) is 0 Å². The molecule has 0 amide bonds. The molecule has 0 spiro atoms. The molecular weight excluding hydrogens is 304 g/mol. The molecule has 0 aliphatic carbocycles. The zero-order valence-electron chi connectivity index (χ0n) is 16.3. The van der Waals surface area contributed by atoms with Gasteiger partial charge in [0, 0.05) is 13.2 Å². The number of hydrogen-bond donors (Lipinski definition) is 4. The van der Waals surface area contributed by atoms with E-state index >= 15 is 0 Å². The minimum Gasteiger partial charge on any atom is -0.396 e. The Morgan fingerprint density at radius 2 is 0.833 bits per heavy atom. The third-order valence-electron chi connectivity index (χ3n) is 4.21. The lowest BCUT2D eigenvalue weighted by Crippen LogP contribution is -2.08. The molecule has 0 radical (unpaired) electrons. The summed E-state index contributed by atoms with van der Waals surface area (Å²) in [4.78, 5) is 0. The van der Waals surface area contributed by atoms with Crippen LogP contribution < -0.4 is 0 Å². The maximum absolute atomic E-state index is 9.25. The van der Waals surface area contributed by atoms with Gasteiger partial charge in [0.05, 0.1) is 12.2 Å². The van der Waals surface area contributed by atoms with Crippen LogP contribution in [-0.4, -0.2) is 45.8 Å². The minimum atomic E-state index is -0.281. The van der Waals surface area contributed by atoms with Gasteiger partial charge in [-0.1, -0.05) is 78.1 Å². The maximum atomic E-state index is 9.25. The van der Waals surface area contributed by atoms with Crippen molar-refractivity contribution >= 4 is 0 Å². The third-order valence-corrected chi connectivity index (χ3v) is 4.21. The van der Waals surface area contributed by atoms with Gasteiger partial charge in [-0.25, -0.2) is 0 Å². The average molecular weight is 349 g/mol. The molecule has 0 aromatic carbocycles. The molecule has 0 saturated heterocycles. The van der Waals surface area contributed by atoms with E-state index < -0.39 is 0 Å². The molecule has 0 aliphatic rings. The topological polar surface area (TPSA) is 80.9 Å². The lowest BCUT2D eigenvalue weighted by molar-refractivity contribution is 0.122. The summed E-state index contributed by atoms with van der Waals surface area (Å²) < 4.78 is 0. The molecule has 24 heavy (non-hydrogen) atoms. The first-order valence-electron chi connectivity index (χ1n) is 10.2. The van der Waals surface area contributed by atoms with Gasteiger partial charge in [0.25, 0.3) is 0 Å². The van der Waals surface area contributed by atoms with E-state index in [0.29, 0.717) is 12.8 Å². The largest absolute Gasteiger partial charge is 0.396 e. The van der Waals surface area contributed by atoms with Gasteiger partial charge in [0.1, 0.15) is 0 Å². The predicted octanol–water partition coefficient (Wildman–Crippen LogP) is 4.18. The zero-order valence-corrected chi connectivity index (χ0v) is 16.3. The quantitative estimate of drug-likeness (QED) is 0.315. The first-order chi connectivity index (χ1) is 11.6. The number of aliphatic hydroxyl groups is 4. The summed E-state index contributed by atoms with van der Waals surface area (Å²) >= 11 is 0. The first-order valence-corrected chi connectivity index (χ1v) is 10.2. The summed E-state index contributed by atoms with van der Waals surface area (Å²) in [6, 6.07) is 0. The van der Waals surface area contributed by atoms with Crippen LogP contribution in [0, 0.1) is 0 Å². The third kappa shape index (κ3) is 24.1. The van der Waals surface area contributed by atoms with E-state index in [2.05, 4.69) is 13.8 Å². The Balaban J connectivity index is 0. The van der Waals surface area contributed by atoms with Crippen LogP contribution in [0.3, 0.4) is 0 Å². The molecule has 4 nitrogen and oxygen atoms in total. The molecule has 2 atom stereocenters. The maximum Gasteiger partial charge on any atom is 0.0562 e. The summed E-state index contributed by atoms with van der Waals surface area (Å²) in [5.74, 6) is 0. The van der Waals surface area contributed by atoms with Gasteiger partial charge in [0.2, 0.25) is 0 Å². The van der Waals surface area contributed by atoms with Crippen LogP contribution >= 0.6 is 0 Å². The molecule has 0 bridgehead atoms. The van der Waals surface area contributed by atoms with Crippen molar-refractivity contribution in [3.8, 4) is 0 Å². The molecule has 0 aromatic heterocycles. The van der Waals surface area contributed by atoms with E-state index in [0.717, 1.165) is 25.7 Å². The highest BCUT2D eigenvalue weighted by molar-refractivity contribution is 4.55. The van der Waals surface area contributed by atoms with Crippen LogP contribution in [0.4, 0.5) is 0 Å². The molecule has 0 heterocycles. The SMILES string of the molecule is CCCCCCCC(O)CCO.CCCCCCCC(O)CCO. The van der Waals surface area contributed by atoms with Crippen LogP contribution in [0.1, 0.15) is 104 Å². The molecule has 4 heteroatoms. The summed E-state index contributed by atoms with van der Waals surface area (Å²) in [7, 11) is 0. The fourth-order valence-electron chi connectivity index (χ4n) is 2.55. The number of unbranched alkanes of at least 4 members (excludes halogenated alkanes) is 8. The number of hydrogen-bond acceptors (Lipinski definition) is 4. The van der Waals surface area contributed by atoms with Crippen molar-refractivity contribution in [2.24, 2.45) is 0 Å². The lowest BCUT2D eigenvalue weighted by Gasteiger charge is -2.07. The van der Waals surface area contributed by atoms with Crippen molar-refractivity contribution in [3.05, 3.63) is 0 Å². The molecule has 0 fully saturated rings. The van der Waals surface area contributed by atoms with Crippen molar-refractivity contribution in [1.29, 1.82) is 0 Å². The lowest BCUT2D eigenvalue weighted by atomic mass is 10.1. The van der Waals surface area contributed by atoms with Crippen molar-refractivity contribution in [2.75, 3.05) is 13.2 Å². The van der Waals surface area contributed by atoms with E-state index in [9.17, 15) is 10.2 Å². The van der Waals surface area contributed by atoms with E-state index in [1.807, 2.05) is 0 Å². The first kappa shape index (κ1) is 26.1. The Morgan fingerprint density at radius 1 is 0.500 bits per heavy atom. The smallest absolute Gasteiger partial charge is 0.0562 e.